The van der Waals surface area contributed by atoms with E-state index in [-0.39, 0.29) is 0 Å². The maximum Gasteiger partial charge on any atom is 0.133 e. The molecule has 136 valence electrons. The number of carbonyl (C=O) groups excluding carboxylic acids is 1. The quantitative estimate of drug-likeness (QED) is 0.718. The molecule has 4 rings (SSSR count). The van der Waals surface area contributed by atoms with Crippen molar-refractivity contribution in [2.45, 2.75) is 71.6 Å². The summed E-state index contributed by atoms with van der Waals surface area (Å²) < 4.78 is 5.44. The van der Waals surface area contributed by atoms with E-state index < -0.39 is 0 Å². The van der Waals surface area contributed by atoms with Crippen LogP contribution in [-0.2, 0) is 9.53 Å². The molecular weight excluding hydrogens is 296 g/mol. The summed E-state index contributed by atoms with van der Waals surface area (Å²) in [6, 6.07) is 0. The number of Topliss-reactive ketones (excluding diaryl/α,β-unsaturated/α-hetero) is 1. The zero-order chi connectivity index (χ0) is 16.9. The van der Waals surface area contributed by atoms with Crippen LogP contribution in [0, 0.1) is 46.8 Å². The minimum absolute atomic E-state index is 0.326. The molecule has 0 unspecified atom stereocenters. The Balaban J connectivity index is 1.49. The fourth-order valence-corrected chi connectivity index (χ4v) is 8.01. The van der Waals surface area contributed by atoms with E-state index in [0.717, 1.165) is 42.1 Å². The van der Waals surface area contributed by atoms with Crippen molar-refractivity contribution in [2.24, 2.45) is 46.8 Å². The van der Waals surface area contributed by atoms with E-state index in [1.807, 2.05) is 14.0 Å². The van der Waals surface area contributed by atoms with E-state index in [1.54, 1.807) is 0 Å². The molecule has 2 nitrogen and oxygen atoms in total. The Morgan fingerprint density at radius 3 is 2.54 bits per heavy atom. The summed E-state index contributed by atoms with van der Waals surface area (Å²) in [4.78, 5) is 12.2. The predicted octanol–water partition coefficient (Wildman–Crippen LogP) is 5.11. The second-order valence-corrected chi connectivity index (χ2v) is 9.85. The number of hydrogen-bond acceptors (Lipinski definition) is 2. The van der Waals surface area contributed by atoms with Crippen molar-refractivity contribution in [1.29, 1.82) is 0 Å². The molecule has 8 atom stereocenters. The Labute approximate surface area is 148 Å². The van der Waals surface area contributed by atoms with E-state index >= 15 is 0 Å². The first-order chi connectivity index (χ1) is 11.5. The molecule has 4 saturated carbocycles. The highest BCUT2D eigenvalue weighted by Crippen LogP contribution is 2.64. The summed E-state index contributed by atoms with van der Waals surface area (Å²) in [5, 5.41) is 0. The number of fused-ring (bicyclic) bond motifs is 5. The van der Waals surface area contributed by atoms with E-state index in [4.69, 9.17) is 4.74 Å². The fourth-order valence-electron chi connectivity index (χ4n) is 8.01. The summed E-state index contributed by atoms with van der Waals surface area (Å²) in [5.74, 6) is 6.32. The van der Waals surface area contributed by atoms with Gasteiger partial charge in [-0.05, 0) is 106 Å². The lowest BCUT2D eigenvalue weighted by Gasteiger charge is -2.56. The zero-order valence-corrected chi connectivity index (χ0v) is 15.9. The monoisotopic (exact) mass is 332 g/mol. The van der Waals surface area contributed by atoms with E-state index in [9.17, 15) is 4.79 Å². The van der Waals surface area contributed by atoms with Crippen LogP contribution in [0.25, 0.3) is 0 Å². The summed E-state index contributed by atoms with van der Waals surface area (Å²) in [6.45, 7) is 5.28. The fraction of sp³-hybridized carbons (Fsp3) is 0.955. The average Bonchev–Trinajstić information content (AvgIpc) is 2.92. The Morgan fingerprint density at radius 1 is 1.00 bits per heavy atom. The standard InChI is InChI=1S/C22H36O2/c1-14(23)20-8-9-21-19-7-5-16-12-15(13-24-3)4-6-17(16)18(19)10-11-22(20,21)2/h15-21H,4-13H2,1-3H3/t15-,16+,17-,18+,19+,20+,21-,22+/m0/s1. The summed E-state index contributed by atoms with van der Waals surface area (Å²) in [5.41, 5.74) is 0.326. The van der Waals surface area contributed by atoms with Gasteiger partial charge in [-0.1, -0.05) is 6.92 Å². The van der Waals surface area contributed by atoms with Crippen molar-refractivity contribution in [3.05, 3.63) is 0 Å². The average molecular weight is 333 g/mol. The minimum Gasteiger partial charge on any atom is -0.384 e. The van der Waals surface area contributed by atoms with Crippen LogP contribution < -0.4 is 0 Å². The van der Waals surface area contributed by atoms with Crippen molar-refractivity contribution >= 4 is 5.78 Å². The van der Waals surface area contributed by atoms with Crippen LogP contribution in [0.15, 0.2) is 0 Å². The number of hydrogen-bond donors (Lipinski definition) is 0. The Hall–Kier alpha value is -0.370. The topological polar surface area (TPSA) is 26.3 Å². The van der Waals surface area contributed by atoms with E-state index in [1.165, 1.54) is 57.8 Å². The molecule has 0 aromatic rings. The van der Waals surface area contributed by atoms with Gasteiger partial charge in [-0.2, -0.15) is 0 Å². The van der Waals surface area contributed by atoms with Crippen molar-refractivity contribution in [2.75, 3.05) is 13.7 Å². The van der Waals surface area contributed by atoms with Gasteiger partial charge in [-0.15, -0.1) is 0 Å². The highest BCUT2D eigenvalue weighted by molar-refractivity contribution is 5.79. The number of methoxy groups -OCH3 is 1. The van der Waals surface area contributed by atoms with Crippen molar-refractivity contribution in [3.63, 3.8) is 0 Å². The van der Waals surface area contributed by atoms with Crippen molar-refractivity contribution in [3.8, 4) is 0 Å². The third kappa shape index (κ3) is 2.59. The Bertz CT molecular complexity index is 486. The second kappa shape index (κ2) is 6.41. The Morgan fingerprint density at radius 2 is 1.79 bits per heavy atom. The summed E-state index contributed by atoms with van der Waals surface area (Å²) in [7, 11) is 1.86. The van der Waals surface area contributed by atoms with Gasteiger partial charge in [0, 0.05) is 19.6 Å². The maximum atomic E-state index is 12.2. The molecular formula is C22H36O2. The van der Waals surface area contributed by atoms with Crippen LogP contribution in [0.4, 0.5) is 0 Å². The molecule has 4 fully saturated rings. The normalized spacial score (nSPS) is 50.7. The molecule has 0 saturated heterocycles. The number of ether oxygens (including phenoxy) is 1. The number of ketones is 1. The molecule has 0 aliphatic heterocycles. The van der Waals surface area contributed by atoms with Crippen LogP contribution >= 0.6 is 0 Å². The second-order valence-electron chi connectivity index (χ2n) is 9.85. The van der Waals surface area contributed by atoms with Gasteiger partial charge in [0.25, 0.3) is 0 Å². The van der Waals surface area contributed by atoms with Gasteiger partial charge >= 0.3 is 0 Å². The smallest absolute Gasteiger partial charge is 0.133 e. The first kappa shape index (κ1) is 17.1. The molecule has 0 spiro atoms. The molecule has 0 N–H and O–H groups in total. The molecule has 0 radical (unpaired) electrons. The first-order valence-corrected chi connectivity index (χ1v) is 10.5. The largest absolute Gasteiger partial charge is 0.384 e. The lowest BCUT2D eigenvalue weighted by Crippen LogP contribution is -2.49. The molecule has 0 heterocycles. The van der Waals surface area contributed by atoms with Crippen molar-refractivity contribution < 1.29 is 9.53 Å². The van der Waals surface area contributed by atoms with Gasteiger partial charge < -0.3 is 4.74 Å². The maximum absolute atomic E-state index is 12.2. The SMILES string of the molecule is COC[C@H]1CC[C@H]2[C@H](CC[C@@H]3[C@@H]2CC[C@]2(C)[C@@H](C(C)=O)CC[C@@H]32)C1. The highest BCUT2D eigenvalue weighted by atomic mass is 16.5. The first-order valence-electron chi connectivity index (χ1n) is 10.5. The molecule has 4 aliphatic rings. The summed E-state index contributed by atoms with van der Waals surface area (Å²) >= 11 is 0. The minimum atomic E-state index is 0.326. The molecule has 4 aliphatic carbocycles. The molecule has 0 bridgehead atoms. The Kier molecular flexibility index (Phi) is 4.56. The molecule has 2 heteroatoms. The lowest BCUT2D eigenvalue weighted by molar-refractivity contribution is -0.128. The van der Waals surface area contributed by atoms with Gasteiger partial charge in [-0.3, -0.25) is 4.79 Å². The van der Waals surface area contributed by atoms with Crippen LogP contribution in [0.1, 0.15) is 71.6 Å². The lowest BCUT2D eigenvalue weighted by atomic mass is 9.49. The molecule has 24 heavy (non-hydrogen) atoms. The van der Waals surface area contributed by atoms with E-state index in [0.29, 0.717) is 17.1 Å². The zero-order valence-electron chi connectivity index (χ0n) is 15.9. The van der Waals surface area contributed by atoms with Gasteiger partial charge in [0.2, 0.25) is 0 Å². The third-order valence-electron chi connectivity index (χ3n) is 8.96. The van der Waals surface area contributed by atoms with Crippen LogP contribution in [-0.4, -0.2) is 19.5 Å². The molecule has 0 aromatic heterocycles. The molecule has 0 aromatic carbocycles. The number of rotatable bonds is 3. The van der Waals surface area contributed by atoms with Crippen LogP contribution in [0.5, 0.6) is 0 Å². The van der Waals surface area contributed by atoms with Crippen molar-refractivity contribution in [1.82, 2.24) is 0 Å². The van der Waals surface area contributed by atoms with E-state index in [2.05, 4.69) is 6.92 Å². The van der Waals surface area contributed by atoms with Crippen LogP contribution in [0.2, 0.25) is 0 Å². The van der Waals surface area contributed by atoms with Gasteiger partial charge in [0.15, 0.2) is 0 Å². The third-order valence-corrected chi connectivity index (χ3v) is 8.96. The van der Waals surface area contributed by atoms with Gasteiger partial charge in [0.05, 0.1) is 0 Å². The molecule has 0 amide bonds. The number of carbonyl (C=O) groups is 1. The van der Waals surface area contributed by atoms with Gasteiger partial charge in [0.1, 0.15) is 5.78 Å². The van der Waals surface area contributed by atoms with Crippen LogP contribution in [0.3, 0.4) is 0 Å². The van der Waals surface area contributed by atoms with Gasteiger partial charge in [-0.25, -0.2) is 0 Å². The predicted molar refractivity (Wildman–Crippen MR) is 96.6 cm³/mol. The highest BCUT2D eigenvalue weighted by Gasteiger charge is 2.57. The summed E-state index contributed by atoms with van der Waals surface area (Å²) in [6.07, 6.45) is 12.3.